The molecule has 1 fully saturated rings. The first-order chi connectivity index (χ1) is 10.5. The zero-order valence-corrected chi connectivity index (χ0v) is 13.4. The quantitative estimate of drug-likeness (QED) is 0.800. The summed E-state index contributed by atoms with van der Waals surface area (Å²) >= 11 is 0. The number of hydrogen-bond donors (Lipinski definition) is 0. The Kier molecular flexibility index (Phi) is 5.41. The van der Waals surface area contributed by atoms with Gasteiger partial charge < -0.3 is 14.4 Å². The van der Waals surface area contributed by atoms with Gasteiger partial charge in [-0.15, -0.1) is 0 Å². The van der Waals surface area contributed by atoms with Crippen molar-refractivity contribution in [3.05, 3.63) is 29.8 Å². The maximum atomic E-state index is 12.4. The lowest BCUT2D eigenvalue weighted by atomic mass is 9.97. The van der Waals surface area contributed by atoms with Gasteiger partial charge in [0.25, 0.3) is 5.91 Å². The summed E-state index contributed by atoms with van der Waals surface area (Å²) in [7, 11) is 1.40. The summed E-state index contributed by atoms with van der Waals surface area (Å²) in [5, 5.41) is 0. The fourth-order valence-electron chi connectivity index (χ4n) is 2.70. The van der Waals surface area contributed by atoms with Gasteiger partial charge in [0.15, 0.2) is 6.10 Å². The molecule has 0 aromatic heterocycles. The maximum absolute atomic E-state index is 12.4. The van der Waals surface area contributed by atoms with E-state index in [2.05, 4.69) is 0 Å². The minimum atomic E-state index is -0.531. The van der Waals surface area contributed by atoms with E-state index in [0.717, 1.165) is 5.56 Å². The smallest absolute Gasteiger partial charge is 0.308 e. The second-order valence-electron chi connectivity index (χ2n) is 5.70. The molecule has 5 heteroatoms. The molecule has 1 aliphatic rings. The molecule has 1 aliphatic heterocycles. The van der Waals surface area contributed by atoms with Crippen LogP contribution in [0.3, 0.4) is 0 Å². The number of ether oxygens (including phenoxy) is 2. The third-order valence-corrected chi connectivity index (χ3v) is 3.99. The van der Waals surface area contributed by atoms with E-state index in [-0.39, 0.29) is 17.8 Å². The summed E-state index contributed by atoms with van der Waals surface area (Å²) in [4.78, 5) is 25.7. The number of nitrogens with zero attached hydrogens (tertiary/aromatic N) is 1. The van der Waals surface area contributed by atoms with Gasteiger partial charge >= 0.3 is 5.97 Å². The van der Waals surface area contributed by atoms with Gasteiger partial charge in [-0.25, -0.2) is 0 Å². The number of piperidine rings is 1. The summed E-state index contributed by atoms with van der Waals surface area (Å²) in [5.74, 6) is 0.383. The Bertz CT molecular complexity index is 535. The highest BCUT2D eigenvalue weighted by Crippen LogP contribution is 2.20. The molecular weight excluding hydrogens is 282 g/mol. The monoisotopic (exact) mass is 305 g/mol. The van der Waals surface area contributed by atoms with E-state index in [1.165, 1.54) is 7.11 Å². The molecule has 0 unspecified atom stereocenters. The minimum Gasteiger partial charge on any atom is -0.481 e. The van der Waals surface area contributed by atoms with Crippen LogP contribution in [-0.4, -0.2) is 43.1 Å². The molecule has 5 nitrogen and oxygen atoms in total. The van der Waals surface area contributed by atoms with Crippen LogP contribution in [0, 0.1) is 12.8 Å². The highest BCUT2D eigenvalue weighted by molar-refractivity contribution is 5.81. The molecule has 0 aliphatic carbocycles. The second-order valence-corrected chi connectivity index (χ2v) is 5.70. The largest absolute Gasteiger partial charge is 0.481 e. The normalized spacial score (nSPS) is 17.0. The van der Waals surface area contributed by atoms with Gasteiger partial charge in [-0.2, -0.15) is 0 Å². The van der Waals surface area contributed by atoms with Crippen LogP contribution < -0.4 is 4.74 Å². The minimum absolute atomic E-state index is 0.0372. The predicted octanol–water partition coefficient (Wildman–Crippen LogP) is 2.17. The number of methoxy groups -OCH3 is 1. The van der Waals surface area contributed by atoms with E-state index < -0.39 is 6.10 Å². The zero-order chi connectivity index (χ0) is 16.1. The van der Waals surface area contributed by atoms with Crippen LogP contribution in [0.2, 0.25) is 0 Å². The number of carbonyl (C=O) groups is 2. The number of hydrogen-bond acceptors (Lipinski definition) is 4. The zero-order valence-electron chi connectivity index (χ0n) is 13.4. The van der Waals surface area contributed by atoms with Crippen molar-refractivity contribution in [2.24, 2.45) is 5.92 Å². The topological polar surface area (TPSA) is 55.8 Å². The van der Waals surface area contributed by atoms with Gasteiger partial charge in [0.05, 0.1) is 13.0 Å². The Morgan fingerprint density at radius 1 is 1.27 bits per heavy atom. The summed E-state index contributed by atoms with van der Waals surface area (Å²) in [6, 6.07) is 7.65. The number of benzene rings is 1. The van der Waals surface area contributed by atoms with E-state index in [4.69, 9.17) is 9.47 Å². The molecule has 0 bridgehead atoms. The fraction of sp³-hybridized carbons (Fsp3) is 0.529. The Labute approximate surface area is 131 Å². The van der Waals surface area contributed by atoms with Crippen molar-refractivity contribution in [3.63, 3.8) is 0 Å². The van der Waals surface area contributed by atoms with E-state index in [9.17, 15) is 9.59 Å². The second kappa shape index (κ2) is 7.29. The van der Waals surface area contributed by atoms with Crippen LogP contribution in [0.15, 0.2) is 24.3 Å². The van der Waals surface area contributed by atoms with Gasteiger partial charge in [-0.3, -0.25) is 9.59 Å². The number of aryl methyl sites for hydroxylation is 1. The van der Waals surface area contributed by atoms with E-state index in [1.54, 1.807) is 11.8 Å². The maximum Gasteiger partial charge on any atom is 0.308 e. The van der Waals surface area contributed by atoms with Crippen molar-refractivity contribution in [1.29, 1.82) is 0 Å². The van der Waals surface area contributed by atoms with Crippen molar-refractivity contribution in [3.8, 4) is 5.75 Å². The van der Waals surface area contributed by atoms with Crippen molar-refractivity contribution < 1.29 is 19.1 Å². The van der Waals surface area contributed by atoms with Crippen LogP contribution in [-0.2, 0) is 14.3 Å². The van der Waals surface area contributed by atoms with Crippen LogP contribution in [0.1, 0.15) is 25.3 Å². The molecule has 1 heterocycles. The predicted molar refractivity (Wildman–Crippen MR) is 82.6 cm³/mol. The van der Waals surface area contributed by atoms with Crippen LogP contribution in [0.4, 0.5) is 0 Å². The van der Waals surface area contributed by atoms with Crippen molar-refractivity contribution in [2.45, 2.75) is 32.8 Å². The molecular formula is C17H23NO4. The summed E-state index contributed by atoms with van der Waals surface area (Å²) < 4.78 is 10.5. The Balaban J connectivity index is 1.88. The highest BCUT2D eigenvalue weighted by atomic mass is 16.5. The van der Waals surface area contributed by atoms with Gasteiger partial charge in [0.2, 0.25) is 0 Å². The van der Waals surface area contributed by atoms with E-state index in [0.29, 0.717) is 31.7 Å². The number of esters is 1. The molecule has 22 heavy (non-hydrogen) atoms. The molecule has 0 N–H and O–H groups in total. The lowest BCUT2D eigenvalue weighted by Gasteiger charge is -2.32. The molecule has 0 saturated carbocycles. The van der Waals surface area contributed by atoms with E-state index >= 15 is 0 Å². The van der Waals surface area contributed by atoms with Crippen LogP contribution in [0.25, 0.3) is 0 Å². The van der Waals surface area contributed by atoms with Gasteiger partial charge in [0.1, 0.15) is 5.75 Å². The molecule has 1 saturated heterocycles. The Morgan fingerprint density at radius 3 is 2.55 bits per heavy atom. The van der Waals surface area contributed by atoms with Crippen molar-refractivity contribution in [1.82, 2.24) is 4.90 Å². The highest BCUT2D eigenvalue weighted by Gasteiger charge is 2.30. The molecule has 2 rings (SSSR count). The summed E-state index contributed by atoms with van der Waals surface area (Å²) in [5.41, 5.74) is 1.09. The molecule has 1 aromatic carbocycles. The van der Waals surface area contributed by atoms with Crippen molar-refractivity contribution >= 4 is 11.9 Å². The Hall–Kier alpha value is -2.04. The molecule has 0 spiro atoms. The van der Waals surface area contributed by atoms with Crippen LogP contribution in [0.5, 0.6) is 5.75 Å². The first kappa shape index (κ1) is 16.3. The van der Waals surface area contributed by atoms with Gasteiger partial charge in [-0.1, -0.05) is 12.1 Å². The standard InChI is InChI=1S/C17H23NO4/c1-12-5-4-6-15(11-12)22-13(2)16(19)18-9-7-14(8-10-18)17(20)21-3/h4-6,11,13-14H,7-10H2,1-3H3/t13-/m0/s1. The average Bonchev–Trinajstić information content (AvgIpc) is 2.53. The van der Waals surface area contributed by atoms with Crippen molar-refractivity contribution in [2.75, 3.05) is 20.2 Å². The number of amides is 1. The number of rotatable bonds is 4. The fourth-order valence-corrected chi connectivity index (χ4v) is 2.70. The first-order valence-corrected chi connectivity index (χ1v) is 7.61. The first-order valence-electron chi connectivity index (χ1n) is 7.61. The lowest BCUT2D eigenvalue weighted by molar-refractivity contribution is -0.150. The number of likely N-dealkylation sites (tertiary alicyclic amines) is 1. The Morgan fingerprint density at radius 2 is 1.95 bits per heavy atom. The van der Waals surface area contributed by atoms with Gasteiger partial charge in [0, 0.05) is 13.1 Å². The lowest BCUT2D eigenvalue weighted by Crippen LogP contribution is -2.45. The van der Waals surface area contributed by atoms with E-state index in [1.807, 2.05) is 31.2 Å². The molecule has 1 aromatic rings. The third kappa shape index (κ3) is 4.00. The average molecular weight is 305 g/mol. The third-order valence-electron chi connectivity index (χ3n) is 3.99. The number of carbonyl (C=O) groups excluding carboxylic acids is 2. The summed E-state index contributed by atoms with van der Waals surface area (Å²) in [6.07, 6.45) is 0.766. The van der Waals surface area contributed by atoms with Crippen LogP contribution >= 0.6 is 0 Å². The molecule has 1 amide bonds. The molecule has 120 valence electrons. The van der Waals surface area contributed by atoms with Gasteiger partial charge in [-0.05, 0) is 44.4 Å². The molecule has 0 radical (unpaired) electrons. The SMILES string of the molecule is COC(=O)C1CCN(C(=O)[C@H](C)Oc2cccc(C)c2)CC1. The molecule has 1 atom stereocenters. The summed E-state index contributed by atoms with van der Waals surface area (Å²) in [6.45, 7) is 4.88.